The Morgan fingerprint density at radius 3 is 2.58 bits per heavy atom. The predicted molar refractivity (Wildman–Crippen MR) is 76.7 cm³/mol. The van der Waals surface area contributed by atoms with E-state index in [4.69, 9.17) is 10.5 Å². The summed E-state index contributed by atoms with van der Waals surface area (Å²) in [5.41, 5.74) is 6.50. The van der Waals surface area contributed by atoms with E-state index in [1.165, 1.54) is 11.3 Å². The van der Waals surface area contributed by atoms with Crippen LogP contribution in [0.25, 0.3) is 0 Å². The van der Waals surface area contributed by atoms with Gasteiger partial charge in [0.2, 0.25) is 0 Å². The number of hydrogen-bond acceptors (Lipinski definition) is 5. The number of carbonyl (C=O) groups excluding carboxylic acids is 1. The highest BCUT2D eigenvalue weighted by atomic mass is 32.1. The fourth-order valence-corrected chi connectivity index (χ4v) is 2.02. The molecule has 0 radical (unpaired) electrons. The zero-order valence-corrected chi connectivity index (χ0v) is 11.5. The molecule has 0 unspecified atom stereocenters. The molecular weight excluding hydrogens is 262 g/mol. The molecule has 1 aromatic heterocycles. The van der Waals surface area contributed by atoms with E-state index in [0.29, 0.717) is 16.5 Å². The maximum atomic E-state index is 11.8. The van der Waals surface area contributed by atoms with E-state index in [1.54, 1.807) is 17.5 Å². The third kappa shape index (κ3) is 3.69. The summed E-state index contributed by atoms with van der Waals surface area (Å²) >= 11 is 1.24. The lowest BCUT2D eigenvalue weighted by molar-refractivity contribution is 0.102. The first-order chi connectivity index (χ1) is 9.04. The van der Waals surface area contributed by atoms with Gasteiger partial charge in [-0.05, 0) is 38.1 Å². The highest BCUT2D eigenvalue weighted by Gasteiger charge is 2.09. The highest BCUT2D eigenvalue weighted by Crippen LogP contribution is 2.18. The topological polar surface area (TPSA) is 77.2 Å². The van der Waals surface area contributed by atoms with Crippen molar-refractivity contribution in [3.8, 4) is 5.75 Å². The summed E-state index contributed by atoms with van der Waals surface area (Å²) in [5.74, 6) is 0.497. The summed E-state index contributed by atoms with van der Waals surface area (Å²) in [6.45, 7) is 3.92. The van der Waals surface area contributed by atoms with Crippen LogP contribution in [0.4, 0.5) is 10.8 Å². The molecule has 0 spiro atoms. The normalized spacial score (nSPS) is 10.5. The number of aromatic nitrogens is 1. The molecule has 0 aliphatic heterocycles. The molecule has 5 nitrogen and oxygen atoms in total. The lowest BCUT2D eigenvalue weighted by atomic mass is 10.3. The SMILES string of the molecule is CC(C)Oc1ccc(NC(=O)c2csc(N)n2)cc1. The number of nitrogens with zero attached hydrogens (tertiary/aromatic N) is 1. The van der Waals surface area contributed by atoms with Crippen molar-refractivity contribution in [3.63, 3.8) is 0 Å². The summed E-state index contributed by atoms with van der Waals surface area (Å²) < 4.78 is 5.52. The monoisotopic (exact) mass is 277 g/mol. The maximum Gasteiger partial charge on any atom is 0.275 e. The van der Waals surface area contributed by atoms with E-state index in [1.807, 2.05) is 26.0 Å². The van der Waals surface area contributed by atoms with Crippen molar-refractivity contribution in [1.29, 1.82) is 0 Å². The van der Waals surface area contributed by atoms with Crippen LogP contribution in [0.2, 0.25) is 0 Å². The van der Waals surface area contributed by atoms with Crippen molar-refractivity contribution < 1.29 is 9.53 Å². The second-order valence-electron chi connectivity index (χ2n) is 4.22. The smallest absolute Gasteiger partial charge is 0.275 e. The summed E-state index contributed by atoms with van der Waals surface area (Å²) in [4.78, 5) is 15.8. The Hall–Kier alpha value is -2.08. The Kier molecular flexibility index (Phi) is 4.01. The molecule has 0 atom stereocenters. The number of benzene rings is 1. The van der Waals surface area contributed by atoms with Gasteiger partial charge in [0.1, 0.15) is 11.4 Å². The van der Waals surface area contributed by atoms with Gasteiger partial charge in [-0.3, -0.25) is 4.79 Å². The number of anilines is 2. The number of ether oxygens (including phenoxy) is 1. The molecule has 2 aromatic rings. The third-order valence-corrected chi connectivity index (χ3v) is 2.91. The van der Waals surface area contributed by atoms with Crippen molar-refractivity contribution in [2.45, 2.75) is 20.0 Å². The maximum absolute atomic E-state index is 11.8. The first kappa shape index (κ1) is 13.4. The Bertz CT molecular complexity index is 564. The van der Waals surface area contributed by atoms with Gasteiger partial charge in [0, 0.05) is 11.1 Å². The van der Waals surface area contributed by atoms with E-state index in [2.05, 4.69) is 10.3 Å². The predicted octanol–water partition coefficient (Wildman–Crippen LogP) is 2.76. The minimum atomic E-state index is -0.273. The number of thiazole rings is 1. The lowest BCUT2D eigenvalue weighted by Gasteiger charge is -2.10. The van der Waals surface area contributed by atoms with E-state index < -0.39 is 0 Å². The molecule has 3 N–H and O–H groups in total. The number of hydrogen-bond donors (Lipinski definition) is 2. The van der Waals surface area contributed by atoms with Crippen molar-refractivity contribution in [3.05, 3.63) is 35.3 Å². The first-order valence-corrected chi connectivity index (χ1v) is 6.71. The van der Waals surface area contributed by atoms with Crippen molar-refractivity contribution in [2.24, 2.45) is 0 Å². The largest absolute Gasteiger partial charge is 0.491 e. The molecule has 0 aliphatic rings. The van der Waals surface area contributed by atoms with E-state index >= 15 is 0 Å². The highest BCUT2D eigenvalue weighted by molar-refractivity contribution is 7.13. The average Bonchev–Trinajstić information content (AvgIpc) is 2.78. The van der Waals surface area contributed by atoms with Gasteiger partial charge in [0.15, 0.2) is 5.13 Å². The minimum absolute atomic E-state index is 0.124. The van der Waals surface area contributed by atoms with Crippen molar-refractivity contribution in [2.75, 3.05) is 11.1 Å². The van der Waals surface area contributed by atoms with E-state index in [0.717, 1.165) is 5.75 Å². The van der Waals surface area contributed by atoms with Crippen molar-refractivity contribution in [1.82, 2.24) is 4.98 Å². The fourth-order valence-electron chi connectivity index (χ4n) is 1.48. The van der Waals surface area contributed by atoms with Crippen LogP contribution >= 0.6 is 11.3 Å². The molecule has 0 saturated carbocycles. The van der Waals surface area contributed by atoms with Crippen LogP contribution in [0.5, 0.6) is 5.75 Å². The Morgan fingerprint density at radius 2 is 2.05 bits per heavy atom. The van der Waals surface area contributed by atoms with Gasteiger partial charge in [-0.2, -0.15) is 0 Å². The zero-order valence-electron chi connectivity index (χ0n) is 10.7. The van der Waals surface area contributed by atoms with Crippen LogP contribution in [0, 0.1) is 0 Å². The second-order valence-corrected chi connectivity index (χ2v) is 5.11. The number of rotatable bonds is 4. The molecule has 6 heteroatoms. The molecule has 0 bridgehead atoms. The third-order valence-electron chi connectivity index (χ3n) is 2.24. The second kappa shape index (κ2) is 5.71. The molecular formula is C13H15N3O2S. The molecule has 2 rings (SSSR count). The minimum Gasteiger partial charge on any atom is -0.491 e. The van der Waals surface area contributed by atoms with E-state index in [-0.39, 0.29) is 12.0 Å². The van der Waals surface area contributed by atoms with Gasteiger partial charge in [0.25, 0.3) is 5.91 Å². The van der Waals surface area contributed by atoms with Gasteiger partial charge in [0.05, 0.1) is 6.10 Å². The number of nitrogens with one attached hydrogen (secondary N) is 1. The number of carbonyl (C=O) groups is 1. The molecule has 1 amide bonds. The van der Waals surface area contributed by atoms with Crippen molar-refractivity contribution >= 4 is 28.1 Å². The van der Waals surface area contributed by atoms with Gasteiger partial charge in [-0.15, -0.1) is 11.3 Å². The molecule has 0 aliphatic carbocycles. The molecule has 19 heavy (non-hydrogen) atoms. The standard InChI is InChI=1S/C13H15N3O2S/c1-8(2)18-10-5-3-9(4-6-10)15-12(17)11-7-19-13(14)16-11/h3-8H,1-2H3,(H2,14,16)(H,15,17). The number of nitrogen functional groups attached to an aromatic ring is 1. The zero-order chi connectivity index (χ0) is 13.8. The first-order valence-electron chi connectivity index (χ1n) is 5.83. The van der Waals surface area contributed by atoms with Crippen LogP contribution in [-0.2, 0) is 0 Å². The van der Waals surface area contributed by atoms with Gasteiger partial charge in [-0.1, -0.05) is 0 Å². The molecule has 100 valence electrons. The van der Waals surface area contributed by atoms with Crippen LogP contribution in [0.3, 0.4) is 0 Å². The quantitative estimate of drug-likeness (QED) is 0.900. The van der Waals surface area contributed by atoms with Crippen LogP contribution < -0.4 is 15.8 Å². The molecule has 0 saturated heterocycles. The summed E-state index contributed by atoms with van der Waals surface area (Å²) in [5, 5.41) is 4.75. The Labute approximate surface area is 115 Å². The van der Waals surface area contributed by atoms with Crippen LogP contribution in [0.1, 0.15) is 24.3 Å². The van der Waals surface area contributed by atoms with Gasteiger partial charge in [-0.25, -0.2) is 4.98 Å². The lowest BCUT2D eigenvalue weighted by Crippen LogP contribution is -2.12. The number of amides is 1. The van der Waals surface area contributed by atoms with Crippen LogP contribution in [-0.4, -0.2) is 17.0 Å². The Morgan fingerprint density at radius 1 is 1.37 bits per heavy atom. The molecule has 0 fully saturated rings. The van der Waals surface area contributed by atoms with Crippen LogP contribution in [0.15, 0.2) is 29.6 Å². The Balaban J connectivity index is 2.01. The van der Waals surface area contributed by atoms with E-state index in [9.17, 15) is 4.79 Å². The molecule has 1 aromatic carbocycles. The summed E-state index contributed by atoms with van der Waals surface area (Å²) in [6, 6.07) is 7.19. The fraction of sp³-hybridized carbons (Fsp3) is 0.231. The van der Waals surface area contributed by atoms with Gasteiger partial charge >= 0.3 is 0 Å². The summed E-state index contributed by atoms with van der Waals surface area (Å²) in [7, 11) is 0. The number of nitrogens with two attached hydrogens (primary N) is 1. The average molecular weight is 277 g/mol. The van der Waals surface area contributed by atoms with Gasteiger partial charge < -0.3 is 15.8 Å². The molecule has 1 heterocycles. The summed E-state index contributed by atoms with van der Waals surface area (Å²) in [6.07, 6.45) is 0.124.